The van der Waals surface area contributed by atoms with Crippen molar-refractivity contribution in [1.82, 2.24) is 9.55 Å². The summed E-state index contributed by atoms with van der Waals surface area (Å²) in [5.41, 5.74) is 2.08. The maximum Gasteiger partial charge on any atom is 0.308 e. The lowest BCUT2D eigenvalue weighted by Gasteiger charge is -2.22. The molecule has 5 nitrogen and oxygen atoms in total. The van der Waals surface area contributed by atoms with Crippen LogP contribution in [-0.2, 0) is 17.8 Å². The fourth-order valence-electron chi connectivity index (χ4n) is 2.62. The standard InChI is InChI=1S/C15H16N2O3/c1-20-13-6-3-10(4-7-13)14-16-8-12-5-2-11(15(18)19)9-17(12)14/h3-4,6-8,11H,2,5,9H2,1H3,(H,18,19). The highest BCUT2D eigenvalue weighted by Crippen LogP contribution is 2.28. The average molecular weight is 272 g/mol. The van der Waals surface area contributed by atoms with E-state index < -0.39 is 5.97 Å². The summed E-state index contributed by atoms with van der Waals surface area (Å²) in [6, 6.07) is 7.65. The number of methoxy groups -OCH3 is 1. The largest absolute Gasteiger partial charge is 0.497 e. The zero-order chi connectivity index (χ0) is 14.1. The number of aliphatic carboxylic acids is 1. The van der Waals surface area contributed by atoms with Gasteiger partial charge >= 0.3 is 5.97 Å². The van der Waals surface area contributed by atoms with E-state index in [-0.39, 0.29) is 5.92 Å². The second kappa shape index (κ2) is 5.00. The molecule has 0 saturated carbocycles. The number of fused-ring (bicyclic) bond motifs is 1. The van der Waals surface area contributed by atoms with E-state index in [0.29, 0.717) is 13.0 Å². The Bertz CT molecular complexity index is 631. The van der Waals surface area contributed by atoms with Crippen LogP contribution >= 0.6 is 0 Å². The summed E-state index contributed by atoms with van der Waals surface area (Å²) in [6.07, 6.45) is 3.29. The number of aryl methyl sites for hydroxylation is 1. The fraction of sp³-hybridized carbons (Fsp3) is 0.333. The normalized spacial score (nSPS) is 17.6. The third kappa shape index (κ3) is 2.15. The van der Waals surface area contributed by atoms with Crippen molar-refractivity contribution in [3.05, 3.63) is 36.2 Å². The molecule has 2 heterocycles. The molecule has 0 fully saturated rings. The van der Waals surface area contributed by atoms with Gasteiger partial charge in [0.1, 0.15) is 11.6 Å². The minimum atomic E-state index is -0.731. The van der Waals surface area contributed by atoms with Gasteiger partial charge in [0.2, 0.25) is 0 Å². The predicted octanol–water partition coefficient (Wildman–Crippen LogP) is 2.21. The quantitative estimate of drug-likeness (QED) is 0.930. The summed E-state index contributed by atoms with van der Waals surface area (Å²) in [5, 5.41) is 9.18. The molecule has 1 unspecified atom stereocenters. The van der Waals surface area contributed by atoms with Crippen LogP contribution in [0.25, 0.3) is 11.4 Å². The molecule has 104 valence electrons. The second-order valence-electron chi connectivity index (χ2n) is 4.99. The van der Waals surface area contributed by atoms with E-state index in [0.717, 1.165) is 29.3 Å². The van der Waals surface area contributed by atoms with Gasteiger partial charge in [-0.05, 0) is 37.1 Å². The third-order valence-corrected chi connectivity index (χ3v) is 3.79. The minimum Gasteiger partial charge on any atom is -0.497 e. The summed E-state index contributed by atoms with van der Waals surface area (Å²) in [5.74, 6) is 0.565. The lowest BCUT2D eigenvalue weighted by atomic mass is 9.98. The summed E-state index contributed by atoms with van der Waals surface area (Å²) in [4.78, 5) is 15.6. The predicted molar refractivity (Wildman–Crippen MR) is 73.7 cm³/mol. The lowest BCUT2D eigenvalue weighted by Crippen LogP contribution is -2.26. The molecule has 3 rings (SSSR count). The van der Waals surface area contributed by atoms with Gasteiger partial charge in [0.15, 0.2) is 0 Å². The number of carboxylic acid groups (broad SMARTS) is 1. The number of hydrogen-bond donors (Lipinski definition) is 1. The molecule has 0 amide bonds. The Labute approximate surface area is 116 Å². The topological polar surface area (TPSA) is 64.4 Å². The summed E-state index contributed by atoms with van der Waals surface area (Å²) in [6.45, 7) is 0.492. The van der Waals surface area contributed by atoms with Gasteiger partial charge in [-0.25, -0.2) is 4.98 Å². The van der Waals surface area contributed by atoms with Gasteiger partial charge in [-0.3, -0.25) is 4.79 Å². The van der Waals surface area contributed by atoms with Crippen molar-refractivity contribution in [1.29, 1.82) is 0 Å². The average Bonchev–Trinajstić information content (AvgIpc) is 2.90. The van der Waals surface area contributed by atoms with E-state index in [4.69, 9.17) is 4.74 Å². The van der Waals surface area contributed by atoms with Gasteiger partial charge in [0.25, 0.3) is 0 Å². The molecule has 1 aliphatic rings. The van der Waals surface area contributed by atoms with Gasteiger partial charge in [0, 0.05) is 24.0 Å². The first-order chi connectivity index (χ1) is 9.69. The first-order valence-corrected chi connectivity index (χ1v) is 6.60. The van der Waals surface area contributed by atoms with Crippen molar-refractivity contribution in [2.45, 2.75) is 19.4 Å². The molecule has 0 spiro atoms. The molecule has 0 saturated heterocycles. The van der Waals surface area contributed by atoms with Crippen LogP contribution in [0.15, 0.2) is 30.5 Å². The number of carbonyl (C=O) groups is 1. The number of aromatic nitrogens is 2. The van der Waals surface area contributed by atoms with Crippen LogP contribution in [-0.4, -0.2) is 27.7 Å². The van der Waals surface area contributed by atoms with Gasteiger partial charge in [0.05, 0.1) is 13.0 Å². The van der Waals surface area contributed by atoms with E-state index >= 15 is 0 Å². The lowest BCUT2D eigenvalue weighted by molar-refractivity contribution is -0.142. The third-order valence-electron chi connectivity index (χ3n) is 3.79. The zero-order valence-electron chi connectivity index (χ0n) is 11.2. The number of rotatable bonds is 3. The molecule has 2 aromatic rings. The van der Waals surface area contributed by atoms with Crippen LogP contribution in [0, 0.1) is 5.92 Å². The number of benzene rings is 1. The molecule has 0 bridgehead atoms. The number of hydrogen-bond acceptors (Lipinski definition) is 3. The number of imidazole rings is 1. The Morgan fingerprint density at radius 1 is 1.40 bits per heavy atom. The van der Waals surface area contributed by atoms with Crippen molar-refractivity contribution >= 4 is 5.97 Å². The molecule has 20 heavy (non-hydrogen) atoms. The SMILES string of the molecule is COc1ccc(-c2ncc3n2CC(C(=O)O)CC3)cc1. The van der Waals surface area contributed by atoms with Gasteiger partial charge in [-0.1, -0.05) is 0 Å². The van der Waals surface area contributed by atoms with Gasteiger partial charge < -0.3 is 14.4 Å². The Morgan fingerprint density at radius 3 is 2.80 bits per heavy atom. The van der Waals surface area contributed by atoms with E-state index in [2.05, 4.69) is 4.98 Å². The van der Waals surface area contributed by atoms with Crippen LogP contribution in [0.5, 0.6) is 5.75 Å². The highest BCUT2D eigenvalue weighted by Gasteiger charge is 2.26. The Morgan fingerprint density at radius 2 is 2.15 bits per heavy atom. The summed E-state index contributed by atoms with van der Waals surface area (Å²) >= 11 is 0. The van der Waals surface area contributed by atoms with Crippen molar-refractivity contribution in [2.75, 3.05) is 7.11 Å². The van der Waals surface area contributed by atoms with Gasteiger partial charge in [-0.2, -0.15) is 0 Å². The van der Waals surface area contributed by atoms with Crippen molar-refractivity contribution in [3.8, 4) is 17.1 Å². The maximum absolute atomic E-state index is 11.2. The fourth-order valence-corrected chi connectivity index (χ4v) is 2.62. The first-order valence-electron chi connectivity index (χ1n) is 6.60. The van der Waals surface area contributed by atoms with Gasteiger partial charge in [-0.15, -0.1) is 0 Å². The molecule has 1 aliphatic heterocycles. The Kier molecular flexibility index (Phi) is 3.18. The molecule has 0 aliphatic carbocycles. The molecule has 0 radical (unpaired) electrons. The van der Waals surface area contributed by atoms with E-state index in [1.54, 1.807) is 7.11 Å². The summed E-state index contributed by atoms with van der Waals surface area (Å²) in [7, 11) is 1.63. The molecule has 1 aromatic carbocycles. The first kappa shape index (κ1) is 12.7. The Balaban J connectivity index is 1.95. The monoisotopic (exact) mass is 272 g/mol. The zero-order valence-corrected chi connectivity index (χ0v) is 11.2. The Hall–Kier alpha value is -2.30. The smallest absolute Gasteiger partial charge is 0.308 e. The molecule has 5 heteroatoms. The van der Waals surface area contributed by atoms with Crippen molar-refractivity contribution in [2.24, 2.45) is 5.92 Å². The summed E-state index contributed by atoms with van der Waals surface area (Å²) < 4.78 is 7.16. The number of ether oxygens (including phenoxy) is 1. The molecular formula is C15H16N2O3. The van der Waals surface area contributed by atoms with Crippen LogP contribution in [0.1, 0.15) is 12.1 Å². The van der Waals surface area contributed by atoms with Crippen LogP contribution < -0.4 is 4.74 Å². The number of nitrogens with zero attached hydrogens (tertiary/aromatic N) is 2. The second-order valence-corrected chi connectivity index (χ2v) is 4.99. The molecule has 1 aromatic heterocycles. The highest BCUT2D eigenvalue weighted by molar-refractivity contribution is 5.70. The van der Waals surface area contributed by atoms with E-state index in [9.17, 15) is 9.90 Å². The van der Waals surface area contributed by atoms with Crippen LogP contribution in [0.2, 0.25) is 0 Å². The van der Waals surface area contributed by atoms with E-state index in [1.807, 2.05) is 35.0 Å². The van der Waals surface area contributed by atoms with E-state index in [1.165, 1.54) is 0 Å². The van der Waals surface area contributed by atoms with Crippen molar-refractivity contribution < 1.29 is 14.6 Å². The van der Waals surface area contributed by atoms with Crippen LogP contribution in [0.3, 0.4) is 0 Å². The molecule has 1 N–H and O–H groups in total. The van der Waals surface area contributed by atoms with Crippen molar-refractivity contribution in [3.63, 3.8) is 0 Å². The molecule has 1 atom stereocenters. The maximum atomic E-state index is 11.2. The van der Waals surface area contributed by atoms with Crippen LogP contribution in [0.4, 0.5) is 0 Å². The number of carboxylic acids is 1. The molecular weight excluding hydrogens is 256 g/mol. The minimum absolute atomic E-state index is 0.325. The highest BCUT2D eigenvalue weighted by atomic mass is 16.5.